The van der Waals surface area contributed by atoms with Crippen molar-refractivity contribution < 1.29 is 0 Å². The molecule has 1 N–H and O–H groups in total. The third-order valence-electron chi connectivity index (χ3n) is 6.09. The van der Waals surface area contributed by atoms with E-state index in [1.807, 2.05) is 31.2 Å². The Bertz CT molecular complexity index is 1240. The van der Waals surface area contributed by atoms with Gasteiger partial charge in [-0.25, -0.2) is 0 Å². The zero-order valence-electron chi connectivity index (χ0n) is 18.5. The highest BCUT2D eigenvalue weighted by Gasteiger charge is 2.25. The lowest BCUT2D eigenvalue weighted by Crippen LogP contribution is -2.12. The molecule has 0 saturated heterocycles. The summed E-state index contributed by atoms with van der Waals surface area (Å²) >= 11 is 6.10. The Morgan fingerprint density at radius 2 is 1.66 bits per heavy atom. The highest BCUT2D eigenvalue weighted by atomic mass is 35.5. The van der Waals surface area contributed by atoms with Crippen molar-refractivity contribution in [3.8, 4) is 16.8 Å². The van der Waals surface area contributed by atoms with Crippen LogP contribution in [-0.4, -0.2) is 28.9 Å². The Balaban J connectivity index is 1.59. The van der Waals surface area contributed by atoms with Gasteiger partial charge in [-0.3, -0.25) is 4.57 Å². The molecule has 1 atom stereocenters. The van der Waals surface area contributed by atoms with E-state index in [1.165, 1.54) is 22.4 Å². The van der Waals surface area contributed by atoms with Crippen molar-refractivity contribution in [3.63, 3.8) is 0 Å². The molecular formula is C26H26ClN5. The highest BCUT2D eigenvalue weighted by molar-refractivity contribution is 6.30. The van der Waals surface area contributed by atoms with Crippen LogP contribution >= 0.6 is 11.6 Å². The molecule has 0 radical (unpaired) electrons. The van der Waals surface area contributed by atoms with Crippen molar-refractivity contribution in [2.24, 2.45) is 0 Å². The number of anilines is 2. The monoisotopic (exact) mass is 443 g/mol. The molecule has 0 aliphatic carbocycles. The number of aromatic nitrogens is 3. The molecular weight excluding hydrogens is 418 g/mol. The summed E-state index contributed by atoms with van der Waals surface area (Å²) in [6, 6.07) is 23.4. The van der Waals surface area contributed by atoms with Gasteiger partial charge in [0.1, 0.15) is 11.6 Å². The first-order valence-electron chi connectivity index (χ1n) is 10.8. The van der Waals surface area contributed by atoms with E-state index >= 15 is 0 Å². The van der Waals surface area contributed by atoms with Crippen LogP contribution in [0, 0.1) is 6.92 Å². The maximum absolute atomic E-state index is 6.10. The highest BCUT2D eigenvalue weighted by Crippen LogP contribution is 2.36. The predicted octanol–water partition coefficient (Wildman–Crippen LogP) is 6.06. The summed E-state index contributed by atoms with van der Waals surface area (Å²) in [5, 5.41) is 13.2. The van der Waals surface area contributed by atoms with Gasteiger partial charge in [-0.2, -0.15) is 0 Å². The average Bonchev–Trinajstić information content (AvgIpc) is 3.09. The van der Waals surface area contributed by atoms with Gasteiger partial charge in [-0.1, -0.05) is 29.8 Å². The second-order valence-corrected chi connectivity index (χ2v) is 8.89. The van der Waals surface area contributed by atoms with Gasteiger partial charge in [0.05, 0.1) is 11.7 Å². The fourth-order valence-corrected chi connectivity index (χ4v) is 4.50. The van der Waals surface area contributed by atoms with Gasteiger partial charge in [0.2, 0.25) is 0 Å². The van der Waals surface area contributed by atoms with Crippen LogP contribution in [0.4, 0.5) is 11.4 Å². The zero-order valence-corrected chi connectivity index (χ0v) is 19.3. The quantitative estimate of drug-likeness (QED) is 0.416. The molecule has 6 heteroatoms. The molecule has 0 fully saturated rings. The maximum Gasteiger partial charge on any atom is 0.137 e. The molecule has 2 heterocycles. The van der Waals surface area contributed by atoms with Crippen LogP contribution in [0.1, 0.15) is 29.7 Å². The van der Waals surface area contributed by atoms with E-state index in [2.05, 4.69) is 81.5 Å². The molecule has 1 aliphatic rings. The van der Waals surface area contributed by atoms with E-state index in [4.69, 9.17) is 11.6 Å². The Kier molecular flexibility index (Phi) is 5.35. The van der Waals surface area contributed by atoms with Gasteiger partial charge in [-0.05, 0) is 78.6 Å². The molecule has 1 aliphatic heterocycles. The van der Waals surface area contributed by atoms with Gasteiger partial charge in [0.25, 0.3) is 0 Å². The van der Waals surface area contributed by atoms with Crippen LogP contribution in [0.3, 0.4) is 0 Å². The number of fused-ring (bicyclic) bond motifs is 3. The standard InChI is InChI=1S/C26H26ClN5/c1-17-29-30-26-15-13-24(28-21-9-7-20(27)8-10-21)23-16-19(6-14-25(23)32(17)26)18-4-11-22(12-5-18)31(2)3/h4-12,14,16,24,28H,13,15H2,1-3H3. The number of nitrogens with one attached hydrogen (secondary N) is 1. The number of nitrogens with zero attached hydrogens (tertiary/aromatic N) is 4. The van der Waals surface area contributed by atoms with E-state index in [9.17, 15) is 0 Å². The van der Waals surface area contributed by atoms with E-state index in [1.54, 1.807) is 0 Å². The summed E-state index contributed by atoms with van der Waals surface area (Å²) in [5.41, 5.74) is 7.03. The van der Waals surface area contributed by atoms with Gasteiger partial charge in [-0.15, -0.1) is 10.2 Å². The van der Waals surface area contributed by atoms with Crippen LogP contribution < -0.4 is 10.2 Å². The second-order valence-electron chi connectivity index (χ2n) is 8.46. The predicted molar refractivity (Wildman–Crippen MR) is 132 cm³/mol. The Morgan fingerprint density at radius 1 is 0.938 bits per heavy atom. The third kappa shape index (κ3) is 3.84. The lowest BCUT2D eigenvalue weighted by molar-refractivity contribution is 0.686. The minimum absolute atomic E-state index is 0.147. The Morgan fingerprint density at radius 3 is 2.38 bits per heavy atom. The molecule has 1 unspecified atom stereocenters. The van der Waals surface area contributed by atoms with Crippen molar-refractivity contribution in [2.75, 3.05) is 24.3 Å². The van der Waals surface area contributed by atoms with Crippen LogP contribution in [0.2, 0.25) is 5.02 Å². The maximum atomic E-state index is 6.10. The number of halogens is 1. The molecule has 0 bridgehead atoms. The average molecular weight is 444 g/mol. The molecule has 4 aromatic rings. The normalized spacial score (nSPS) is 14.9. The van der Waals surface area contributed by atoms with Crippen LogP contribution in [-0.2, 0) is 6.42 Å². The Hall–Kier alpha value is -3.31. The summed E-state index contributed by atoms with van der Waals surface area (Å²) in [6.45, 7) is 2.01. The minimum atomic E-state index is 0.147. The first-order valence-corrected chi connectivity index (χ1v) is 11.2. The third-order valence-corrected chi connectivity index (χ3v) is 6.35. The van der Waals surface area contributed by atoms with Gasteiger partial charge in [0.15, 0.2) is 0 Å². The number of aryl methyl sites for hydroxylation is 2. The van der Waals surface area contributed by atoms with E-state index in [0.717, 1.165) is 40.9 Å². The summed E-state index contributed by atoms with van der Waals surface area (Å²) in [7, 11) is 4.12. The van der Waals surface area contributed by atoms with Crippen molar-refractivity contribution in [2.45, 2.75) is 25.8 Å². The molecule has 0 saturated carbocycles. The summed E-state index contributed by atoms with van der Waals surface area (Å²) in [4.78, 5) is 2.11. The molecule has 5 rings (SSSR count). The van der Waals surface area contributed by atoms with Crippen molar-refractivity contribution in [1.29, 1.82) is 0 Å². The van der Waals surface area contributed by atoms with Crippen LogP contribution in [0.5, 0.6) is 0 Å². The molecule has 5 nitrogen and oxygen atoms in total. The van der Waals surface area contributed by atoms with Gasteiger partial charge < -0.3 is 10.2 Å². The van der Waals surface area contributed by atoms with E-state index < -0.39 is 0 Å². The lowest BCUT2D eigenvalue weighted by Gasteiger charge is -2.22. The van der Waals surface area contributed by atoms with Crippen molar-refractivity contribution >= 4 is 23.0 Å². The molecule has 32 heavy (non-hydrogen) atoms. The molecule has 1 aromatic heterocycles. The fourth-order valence-electron chi connectivity index (χ4n) is 4.38. The number of hydrogen-bond acceptors (Lipinski definition) is 4. The molecule has 0 spiro atoms. The fraction of sp³-hybridized carbons (Fsp3) is 0.231. The number of rotatable bonds is 4. The zero-order chi connectivity index (χ0) is 22.2. The smallest absolute Gasteiger partial charge is 0.137 e. The minimum Gasteiger partial charge on any atom is -0.378 e. The van der Waals surface area contributed by atoms with Crippen molar-refractivity contribution in [1.82, 2.24) is 14.8 Å². The van der Waals surface area contributed by atoms with Crippen LogP contribution in [0.25, 0.3) is 16.8 Å². The molecule has 162 valence electrons. The molecule has 3 aromatic carbocycles. The van der Waals surface area contributed by atoms with E-state index in [-0.39, 0.29) is 6.04 Å². The first kappa shape index (κ1) is 20.6. The van der Waals surface area contributed by atoms with E-state index in [0.29, 0.717) is 0 Å². The summed E-state index contributed by atoms with van der Waals surface area (Å²) in [5.74, 6) is 1.92. The number of benzene rings is 3. The van der Waals surface area contributed by atoms with Crippen LogP contribution in [0.15, 0.2) is 66.7 Å². The van der Waals surface area contributed by atoms with Crippen molar-refractivity contribution in [3.05, 3.63) is 89.0 Å². The Labute approximate surface area is 193 Å². The summed E-state index contributed by atoms with van der Waals surface area (Å²) in [6.07, 6.45) is 1.78. The number of hydrogen-bond donors (Lipinski definition) is 1. The summed E-state index contributed by atoms with van der Waals surface area (Å²) < 4.78 is 2.19. The van der Waals surface area contributed by atoms with Gasteiger partial charge in [0, 0.05) is 36.9 Å². The SMILES string of the molecule is Cc1nnc2n1-c1ccc(-c3ccc(N(C)C)cc3)cc1C(Nc1ccc(Cl)cc1)CC2. The topological polar surface area (TPSA) is 46.0 Å². The first-order chi connectivity index (χ1) is 15.5. The molecule has 0 amide bonds. The largest absolute Gasteiger partial charge is 0.378 e. The second kappa shape index (κ2) is 8.32. The lowest BCUT2D eigenvalue weighted by atomic mass is 9.95. The van der Waals surface area contributed by atoms with Gasteiger partial charge >= 0.3 is 0 Å².